The second-order valence-corrected chi connectivity index (χ2v) is 8.42. The molecular weight excluding hydrogens is 494 g/mol. The van der Waals surface area contributed by atoms with Gasteiger partial charge in [0.25, 0.3) is 0 Å². The van der Waals surface area contributed by atoms with Crippen molar-refractivity contribution in [3.8, 4) is 0 Å². The summed E-state index contributed by atoms with van der Waals surface area (Å²) in [6, 6.07) is 16.7. The number of nitrogens with zero attached hydrogens (tertiary/aromatic N) is 4. The molecule has 2 unspecified atom stereocenters. The van der Waals surface area contributed by atoms with Crippen molar-refractivity contribution in [1.82, 2.24) is 19.5 Å². The molecule has 4 atom stereocenters. The van der Waals surface area contributed by atoms with Crippen LogP contribution in [0.2, 0.25) is 0 Å². The van der Waals surface area contributed by atoms with Gasteiger partial charge in [0, 0.05) is 6.92 Å². The van der Waals surface area contributed by atoms with E-state index in [1.165, 1.54) is 24.1 Å². The molecule has 0 amide bonds. The number of imidazole rings is 1. The average molecular weight is 517 g/mol. The van der Waals surface area contributed by atoms with Crippen molar-refractivity contribution in [2.75, 3.05) is 12.3 Å². The third-order valence-corrected chi connectivity index (χ3v) is 5.89. The SMILES string of the molecule is CC(=O)OC1C(OC(=O)c2ccccc2)[C@H](COC(=O)c2ccccc2)O[C@@H]1n1cnc2c(N)ncnc21. The Bertz CT molecular complexity index is 1460. The summed E-state index contributed by atoms with van der Waals surface area (Å²) in [5.41, 5.74) is 7.17. The fourth-order valence-electron chi connectivity index (χ4n) is 4.16. The lowest BCUT2D eigenvalue weighted by molar-refractivity contribution is -0.156. The number of benzene rings is 2. The van der Waals surface area contributed by atoms with Crippen LogP contribution in [0.5, 0.6) is 0 Å². The molecule has 0 aliphatic carbocycles. The maximum absolute atomic E-state index is 13.0. The van der Waals surface area contributed by atoms with Crippen LogP contribution in [-0.2, 0) is 23.7 Å². The Morgan fingerprint density at radius 2 is 1.55 bits per heavy atom. The summed E-state index contributed by atoms with van der Waals surface area (Å²) >= 11 is 0. The number of fused-ring (bicyclic) bond motifs is 1. The van der Waals surface area contributed by atoms with Gasteiger partial charge in [-0.05, 0) is 24.3 Å². The van der Waals surface area contributed by atoms with E-state index in [0.717, 1.165) is 0 Å². The van der Waals surface area contributed by atoms with Crippen LogP contribution in [0.4, 0.5) is 5.82 Å². The summed E-state index contributed by atoms with van der Waals surface area (Å²) in [6.45, 7) is 0.931. The van der Waals surface area contributed by atoms with Crippen LogP contribution in [0, 0.1) is 0 Å². The zero-order valence-electron chi connectivity index (χ0n) is 20.2. The highest BCUT2D eigenvalue weighted by molar-refractivity contribution is 5.90. The molecular formula is C26H23N5O7. The normalized spacial score (nSPS) is 20.7. The lowest BCUT2D eigenvalue weighted by Crippen LogP contribution is -2.41. The highest BCUT2D eigenvalue weighted by atomic mass is 16.7. The van der Waals surface area contributed by atoms with Crippen molar-refractivity contribution >= 4 is 34.9 Å². The van der Waals surface area contributed by atoms with Crippen LogP contribution in [0.15, 0.2) is 73.3 Å². The lowest BCUT2D eigenvalue weighted by atomic mass is 10.1. The highest BCUT2D eigenvalue weighted by Gasteiger charge is 2.51. The van der Waals surface area contributed by atoms with E-state index < -0.39 is 42.4 Å². The summed E-state index contributed by atoms with van der Waals surface area (Å²) in [7, 11) is 0. The van der Waals surface area contributed by atoms with Gasteiger partial charge < -0.3 is 24.7 Å². The maximum atomic E-state index is 13.0. The predicted octanol–water partition coefficient (Wildman–Crippen LogP) is 2.32. The van der Waals surface area contributed by atoms with Gasteiger partial charge in [0.05, 0.1) is 17.5 Å². The smallest absolute Gasteiger partial charge is 0.338 e. The quantitative estimate of drug-likeness (QED) is 0.283. The van der Waals surface area contributed by atoms with Gasteiger partial charge in [0.2, 0.25) is 0 Å². The minimum atomic E-state index is -1.14. The molecule has 0 bridgehead atoms. The Hall–Kier alpha value is -4.84. The van der Waals surface area contributed by atoms with Gasteiger partial charge in [0.15, 0.2) is 29.9 Å². The summed E-state index contributed by atoms with van der Waals surface area (Å²) in [6.07, 6.45) is -1.64. The number of carbonyl (C=O) groups excluding carboxylic acids is 3. The lowest BCUT2D eigenvalue weighted by Gasteiger charge is -2.24. The standard InChI is InChI=1S/C26H23N5O7/c1-15(32)36-21-20(38-26(34)17-10-6-3-7-11-17)18(12-35-25(33)16-8-4-2-5-9-16)37-24(21)31-14-30-19-22(27)28-13-29-23(19)31/h2-11,13-14,18,20-21,24H,12H2,1H3,(H2,27,28,29)/t18-,20?,21?,24-/m0/s1. The molecule has 3 heterocycles. The first-order valence-electron chi connectivity index (χ1n) is 11.7. The summed E-state index contributed by atoms with van der Waals surface area (Å²) < 4.78 is 24.6. The number of hydrogen-bond donors (Lipinski definition) is 1. The van der Waals surface area contributed by atoms with Gasteiger partial charge in [-0.2, -0.15) is 0 Å². The summed E-state index contributed by atoms with van der Waals surface area (Å²) in [5.74, 6) is -1.75. The van der Waals surface area contributed by atoms with Gasteiger partial charge in [-0.1, -0.05) is 36.4 Å². The molecule has 1 saturated heterocycles. The number of esters is 3. The van der Waals surface area contributed by atoms with E-state index >= 15 is 0 Å². The molecule has 12 heteroatoms. The molecule has 4 aromatic rings. The molecule has 0 saturated carbocycles. The maximum Gasteiger partial charge on any atom is 0.338 e. The highest BCUT2D eigenvalue weighted by Crippen LogP contribution is 2.36. The van der Waals surface area contributed by atoms with E-state index in [1.807, 2.05) is 0 Å². The van der Waals surface area contributed by atoms with Crippen LogP contribution >= 0.6 is 0 Å². The largest absolute Gasteiger partial charge is 0.459 e. The van der Waals surface area contributed by atoms with Crippen LogP contribution in [0.25, 0.3) is 11.2 Å². The van der Waals surface area contributed by atoms with Crippen LogP contribution in [0.1, 0.15) is 33.9 Å². The number of anilines is 1. The number of nitrogen functional groups attached to an aromatic ring is 1. The minimum Gasteiger partial charge on any atom is -0.459 e. The molecule has 194 valence electrons. The van der Waals surface area contributed by atoms with E-state index in [0.29, 0.717) is 16.7 Å². The van der Waals surface area contributed by atoms with E-state index in [2.05, 4.69) is 15.0 Å². The first-order chi connectivity index (χ1) is 18.4. The van der Waals surface area contributed by atoms with Crippen molar-refractivity contribution in [2.45, 2.75) is 31.5 Å². The number of rotatable bonds is 7. The van der Waals surface area contributed by atoms with E-state index in [1.54, 1.807) is 60.7 Å². The molecule has 5 rings (SSSR count). The van der Waals surface area contributed by atoms with E-state index in [-0.39, 0.29) is 18.0 Å². The number of carbonyl (C=O) groups is 3. The topological polar surface area (TPSA) is 158 Å². The third kappa shape index (κ3) is 5.02. The van der Waals surface area contributed by atoms with Crippen molar-refractivity contribution < 1.29 is 33.3 Å². The van der Waals surface area contributed by atoms with Gasteiger partial charge in [-0.15, -0.1) is 0 Å². The molecule has 2 aromatic carbocycles. The second kappa shape index (κ2) is 10.6. The van der Waals surface area contributed by atoms with E-state index in [4.69, 9.17) is 24.7 Å². The fraction of sp³-hybridized carbons (Fsp3) is 0.231. The first-order valence-corrected chi connectivity index (χ1v) is 11.7. The molecule has 0 spiro atoms. The molecule has 2 aromatic heterocycles. The molecule has 38 heavy (non-hydrogen) atoms. The summed E-state index contributed by atoms with van der Waals surface area (Å²) in [5, 5.41) is 0. The number of aromatic nitrogens is 4. The van der Waals surface area contributed by atoms with E-state index in [9.17, 15) is 14.4 Å². The summed E-state index contributed by atoms with van der Waals surface area (Å²) in [4.78, 5) is 50.1. The zero-order valence-corrected chi connectivity index (χ0v) is 20.2. The van der Waals surface area contributed by atoms with Crippen LogP contribution < -0.4 is 5.73 Å². The van der Waals surface area contributed by atoms with Crippen molar-refractivity contribution in [2.24, 2.45) is 0 Å². The Balaban J connectivity index is 1.48. The number of ether oxygens (including phenoxy) is 4. The monoisotopic (exact) mass is 517 g/mol. The molecule has 2 N–H and O–H groups in total. The molecule has 1 aliphatic heterocycles. The molecule has 0 radical (unpaired) electrons. The van der Waals surface area contributed by atoms with Crippen molar-refractivity contribution in [1.29, 1.82) is 0 Å². The average Bonchev–Trinajstić information content (AvgIpc) is 3.50. The Morgan fingerprint density at radius 1 is 0.895 bits per heavy atom. The van der Waals surface area contributed by atoms with Gasteiger partial charge in [0.1, 0.15) is 24.6 Å². The minimum absolute atomic E-state index is 0.149. The predicted molar refractivity (Wildman–Crippen MR) is 132 cm³/mol. The van der Waals surface area contributed by atoms with Crippen molar-refractivity contribution in [3.63, 3.8) is 0 Å². The zero-order chi connectivity index (χ0) is 26.6. The van der Waals surface area contributed by atoms with Gasteiger partial charge >= 0.3 is 17.9 Å². The molecule has 1 fully saturated rings. The Labute approximate surface area is 216 Å². The van der Waals surface area contributed by atoms with Crippen LogP contribution in [-0.4, -0.2) is 62.3 Å². The van der Waals surface area contributed by atoms with Crippen molar-refractivity contribution in [3.05, 3.63) is 84.4 Å². The van der Waals surface area contributed by atoms with Gasteiger partial charge in [-0.25, -0.2) is 24.5 Å². The van der Waals surface area contributed by atoms with Gasteiger partial charge in [-0.3, -0.25) is 9.36 Å². The van der Waals surface area contributed by atoms with Crippen LogP contribution in [0.3, 0.4) is 0 Å². The third-order valence-electron chi connectivity index (χ3n) is 5.89. The fourth-order valence-corrected chi connectivity index (χ4v) is 4.16. The second-order valence-electron chi connectivity index (χ2n) is 8.42. The number of hydrogen-bond acceptors (Lipinski definition) is 11. The molecule has 1 aliphatic rings. The molecule has 12 nitrogen and oxygen atoms in total. The number of nitrogens with two attached hydrogens (primary N) is 1. The Morgan fingerprint density at radius 3 is 2.21 bits per heavy atom. The Kier molecular flexibility index (Phi) is 6.96. The first kappa shape index (κ1) is 24.8.